The van der Waals surface area contributed by atoms with Crippen molar-refractivity contribution in [1.82, 2.24) is 15.0 Å². The van der Waals surface area contributed by atoms with E-state index in [4.69, 9.17) is 5.73 Å². The Kier molecular flexibility index (Phi) is 2.97. The van der Waals surface area contributed by atoms with Crippen LogP contribution in [0.5, 0.6) is 0 Å². The van der Waals surface area contributed by atoms with Crippen molar-refractivity contribution < 1.29 is 0 Å². The third kappa shape index (κ3) is 3.57. The van der Waals surface area contributed by atoms with Crippen LogP contribution in [0.15, 0.2) is 0 Å². The summed E-state index contributed by atoms with van der Waals surface area (Å²) in [5.41, 5.74) is 5.49. The van der Waals surface area contributed by atoms with Gasteiger partial charge in [0.05, 0.1) is 0 Å². The Morgan fingerprint density at radius 3 is 2.20 bits per heavy atom. The van der Waals surface area contributed by atoms with Gasteiger partial charge in [0, 0.05) is 19.6 Å². The zero-order valence-electron chi connectivity index (χ0n) is 9.87. The van der Waals surface area contributed by atoms with Crippen molar-refractivity contribution in [2.75, 3.05) is 30.0 Å². The Morgan fingerprint density at radius 2 is 1.73 bits per heavy atom. The van der Waals surface area contributed by atoms with E-state index in [1.165, 1.54) is 0 Å². The van der Waals surface area contributed by atoms with E-state index in [1.54, 1.807) is 4.90 Å². The molecule has 0 unspecified atom stereocenters. The van der Waals surface area contributed by atoms with Crippen LogP contribution in [-0.4, -0.2) is 34.6 Å². The molecule has 0 atom stereocenters. The maximum absolute atomic E-state index is 5.59. The Hall–Kier alpha value is -1.59. The normalized spacial score (nSPS) is 11.3. The van der Waals surface area contributed by atoms with E-state index in [0.29, 0.717) is 11.9 Å². The number of nitrogens with zero attached hydrogens (tertiary/aromatic N) is 4. The number of nitrogens with one attached hydrogen (secondary N) is 1. The average molecular weight is 210 g/mol. The summed E-state index contributed by atoms with van der Waals surface area (Å²) in [4.78, 5) is 14.0. The molecule has 0 aromatic carbocycles. The van der Waals surface area contributed by atoms with Gasteiger partial charge in [-0.3, -0.25) is 0 Å². The van der Waals surface area contributed by atoms with Gasteiger partial charge in [0.1, 0.15) is 0 Å². The third-order valence-corrected chi connectivity index (χ3v) is 1.53. The van der Waals surface area contributed by atoms with Crippen molar-refractivity contribution in [3.63, 3.8) is 0 Å². The molecule has 0 radical (unpaired) electrons. The van der Waals surface area contributed by atoms with Crippen LogP contribution in [0.4, 0.5) is 17.8 Å². The summed E-state index contributed by atoms with van der Waals surface area (Å²) in [6.07, 6.45) is 0. The number of nitrogens with two attached hydrogens (primary N) is 1. The van der Waals surface area contributed by atoms with E-state index in [9.17, 15) is 0 Å². The van der Waals surface area contributed by atoms with Crippen LogP contribution >= 0.6 is 0 Å². The number of nitrogen functional groups attached to an aromatic ring is 1. The van der Waals surface area contributed by atoms with Crippen LogP contribution in [0.25, 0.3) is 0 Å². The van der Waals surface area contributed by atoms with Crippen molar-refractivity contribution in [1.29, 1.82) is 0 Å². The Morgan fingerprint density at radius 1 is 1.13 bits per heavy atom. The Labute approximate surface area is 89.9 Å². The molecule has 1 aromatic rings. The molecule has 0 aliphatic carbocycles. The molecule has 0 fully saturated rings. The quantitative estimate of drug-likeness (QED) is 0.749. The summed E-state index contributed by atoms with van der Waals surface area (Å²) < 4.78 is 0. The maximum Gasteiger partial charge on any atom is 0.231 e. The van der Waals surface area contributed by atoms with Crippen molar-refractivity contribution in [3.8, 4) is 0 Å². The van der Waals surface area contributed by atoms with Crippen LogP contribution in [-0.2, 0) is 0 Å². The van der Waals surface area contributed by atoms with E-state index < -0.39 is 0 Å². The first kappa shape index (κ1) is 11.5. The van der Waals surface area contributed by atoms with Gasteiger partial charge in [0.25, 0.3) is 0 Å². The topological polar surface area (TPSA) is 80.0 Å². The zero-order valence-corrected chi connectivity index (χ0v) is 9.87. The van der Waals surface area contributed by atoms with Gasteiger partial charge in [-0.2, -0.15) is 15.0 Å². The predicted octanol–water partition coefficient (Wildman–Crippen LogP) is 0.730. The summed E-state index contributed by atoms with van der Waals surface area (Å²) in [5, 5.41) is 3.15. The summed E-state index contributed by atoms with van der Waals surface area (Å²) in [6, 6.07) is 0. The number of aromatic nitrogens is 3. The molecule has 0 bridgehead atoms. The fourth-order valence-electron chi connectivity index (χ4n) is 0.972. The molecule has 0 saturated carbocycles. The molecule has 1 heterocycles. The minimum Gasteiger partial charge on any atom is -0.368 e. The van der Waals surface area contributed by atoms with Crippen molar-refractivity contribution in [2.45, 2.75) is 26.3 Å². The van der Waals surface area contributed by atoms with E-state index >= 15 is 0 Å². The van der Waals surface area contributed by atoms with Gasteiger partial charge in [0.15, 0.2) is 0 Å². The lowest BCUT2D eigenvalue weighted by molar-refractivity contribution is 0.625. The minimum atomic E-state index is -0.0998. The first-order valence-electron chi connectivity index (χ1n) is 4.75. The monoisotopic (exact) mass is 210 g/mol. The Bertz CT molecular complexity index is 341. The second-order valence-corrected chi connectivity index (χ2v) is 4.59. The van der Waals surface area contributed by atoms with E-state index in [0.717, 1.165) is 0 Å². The van der Waals surface area contributed by atoms with Crippen molar-refractivity contribution in [3.05, 3.63) is 0 Å². The summed E-state index contributed by atoms with van der Waals surface area (Å²) in [6.45, 7) is 6.09. The van der Waals surface area contributed by atoms with Gasteiger partial charge in [-0.1, -0.05) is 0 Å². The highest BCUT2D eigenvalue weighted by Crippen LogP contribution is 2.13. The molecule has 0 saturated heterocycles. The number of anilines is 3. The molecular weight excluding hydrogens is 192 g/mol. The van der Waals surface area contributed by atoms with E-state index in [1.807, 2.05) is 34.9 Å². The summed E-state index contributed by atoms with van der Waals surface area (Å²) >= 11 is 0. The molecule has 0 aliphatic rings. The lowest BCUT2D eigenvalue weighted by Crippen LogP contribution is -2.28. The highest BCUT2D eigenvalue weighted by atomic mass is 15.3. The third-order valence-electron chi connectivity index (χ3n) is 1.53. The lowest BCUT2D eigenvalue weighted by atomic mass is 10.1. The van der Waals surface area contributed by atoms with Gasteiger partial charge in [-0.05, 0) is 20.8 Å². The summed E-state index contributed by atoms with van der Waals surface area (Å²) in [5.74, 6) is 1.27. The van der Waals surface area contributed by atoms with Gasteiger partial charge in [-0.15, -0.1) is 0 Å². The largest absolute Gasteiger partial charge is 0.368 e. The number of rotatable bonds is 2. The van der Waals surface area contributed by atoms with Gasteiger partial charge >= 0.3 is 0 Å². The molecule has 84 valence electrons. The number of hydrogen-bond donors (Lipinski definition) is 2. The molecule has 0 aliphatic heterocycles. The summed E-state index contributed by atoms with van der Waals surface area (Å²) in [7, 11) is 3.71. The Balaban J connectivity index is 2.99. The second-order valence-electron chi connectivity index (χ2n) is 4.59. The molecule has 0 spiro atoms. The maximum atomic E-state index is 5.59. The SMILES string of the molecule is CN(C)c1nc(N)nc(NC(C)(C)C)n1. The van der Waals surface area contributed by atoms with Crippen LogP contribution in [0, 0.1) is 0 Å². The molecular formula is C9H18N6. The number of hydrogen-bond acceptors (Lipinski definition) is 6. The highest BCUT2D eigenvalue weighted by Gasteiger charge is 2.13. The molecule has 0 amide bonds. The zero-order chi connectivity index (χ0) is 11.6. The van der Waals surface area contributed by atoms with Gasteiger partial charge < -0.3 is 16.0 Å². The molecule has 1 rings (SSSR count). The molecule has 6 nitrogen and oxygen atoms in total. The van der Waals surface area contributed by atoms with Gasteiger partial charge in [-0.25, -0.2) is 0 Å². The molecule has 1 aromatic heterocycles. The predicted molar refractivity (Wildman–Crippen MR) is 61.9 cm³/mol. The fourth-order valence-corrected chi connectivity index (χ4v) is 0.972. The molecule has 3 N–H and O–H groups in total. The lowest BCUT2D eigenvalue weighted by Gasteiger charge is -2.21. The highest BCUT2D eigenvalue weighted by molar-refractivity contribution is 5.41. The minimum absolute atomic E-state index is 0.0998. The average Bonchev–Trinajstić information content (AvgIpc) is 1.99. The standard InChI is InChI=1S/C9H18N6/c1-9(2,3)14-7-11-6(10)12-8(13-7)15(4)5/h1-5H3,(H3,10,11,12,13,14). The second kappa shape index (κ2) is 3.88. The van der Waals surface area contributed by atoms with E-state index in [2.05, 4.69) is 20.3 Å². The first-order chi connectivity index (χ1) is 6.78. The van der Waals surface area contributed by atoms with Crippen LogP contribution in [0.2, 0.25) is 0 Å². The van der Waals surface area contributed by atoms with Crippen LogP contribution < -0.4 is 16.0 Å². The smallest absolute Gasteiger partial charge is 0.231 e. The van der Waals surface area contributed by atoms with Crippen molar-refractivity contribution >= 4 is 17.8 Å². The van der Waals surface area contributed by atoms with E-state index in [-0.39, 0.29) is 11.5 Å². The molecule has 6 heteroatoms. The fraction of sp³-hybridized carbons (Fsp3) is 0.667. The van der Waals surface area contributed by atoms with Crippen molar-refractivity contribution in [2.24, 2.45) is 0 Å². The molecule has 15 heavy (non-hydrogen) atoms. The van der Waals surface area contributed by atoms with Crippen LogP contribution in [0.3, 0.4) is 0 Å². The van der Waals surface area contributed by atoms with Gasteiger partial charge in [0.2, 0.25) is 17.8 Å². The first-order valence-corrected chi connectivity index (χ1v) is 4.75. The van der Waals surface area contributed by atoms with Crippen LogP contribution in [0.1, 0.15) is 20.8 Å².